The topological polar surface area (TPSA) is 96.9 Å². The number of methoxy groups -OCH3 is 1. The molecule has 1 unspecified atom stereocenters. The summed E-state index contributed by atoms with van der Waals surface area (Å²) in [5, 5.41) is 13.4. The molecular formula is C9H18N2O5. The van der Waals surface area contributed by atoms with E-state index in [1.54, 1.807) is 7.11 Å². The smallest absolute Gasteiger partial charge is 0.329 e. The average Bonchev–Trinajstić information content (AvgIpc) is 2.24. The average molecular weight is 234 g/mol. The zero-order chi connectivity index (χ0) is 12.4. The molecule has 0 heterocycles. The van der Waals surface area contributed by atoms with Gasteiger partial charge in [-0.15, -0.1) is 0 Å². The van der Waals surface area contributed by atoms with Crippen molar-refractivity contribution in [1.29, 1.82) is 0 Å². The third-order valence-corrected chi connectivity index (χ3v) is 1.71. The van der Waals surface area contributed by atoms with Gasteiger partial charge >= 0.3 is 12.0 Å². The molecule has 0 aromatic heterocycles. The van der Waals surface area contributed by atoms with Gasteiger partial charge in [0.25, 0.3) is 0 Å². The SMILES string of the molecule is COC(C)CNC(=O)NCCOCC(=O)O. The van der Waals surface area contributed by atoms with E-state index in [2.05, 4.69) is 10.6 Å². The van der Waals surface area contributed by atoms with Gasteiger partial charge in [0.1, 0.15) is 6.61 Å². The lowest BCUT2D eigenvalue weighted by Crippen LogP contribution is -2.40. The van der Waals surface area contributed by atoms with E-state index in [1.165, 1.54) is 0 Å². The lowest BCUT2D eigenvalue weighted by Gasteiger charge is -2.11. The molecular weight excluding hydrogens is 216 g/mol. The maximum absolute atomic E-state index is 11.1. The number of carboxylic acid groups (broad SMARTS) is 1. The summed E-state index contributed by atoms with van der Waals surface area (Å²) in [6, 6.07) is -0.331. The molecule has 1 atom stereocenters. The van der Waals surface area contributed by atoms with Crippen LogP contribution in [0, 0.1) is 0 Å². The van der Waals surface area contributed by atoms with Gasteiger partial charge in [0.05, 0.1) is 12.7 Å². The molecule has 0 aliphatic heterocycles. The second-order valence-corrected chi connectivity index (χ2v) is 3.13. The van der Waals surface area contributed by atoms with E-state index in [0.29, 0.717) is 6.54 Å². The van der Waals surface area contributed by atoms with Gasteiger partial charge in [-0.25, -0.2) is 9.59 Å². The number of carbonyl (C=O) groups is 2. The number of hydrogen-bond donors (Lipinski definition) is 3. The molecule has 0 fully saturated rings. The van der Waals surface area contributed by atoms with Crippen molar-refractivity contribution in [2.24, 2.45) is 0 Å². The Labute approximate surface area is 94.1 Å². The second kappa shape index (κ2) is 8.93. The van der Waals surface area contributed by atoms with E-state index in [9.17, 15) is 9.59 Å². The summed E-state index contributed by atoms with van der Waals surface area (Å²) in [6.45, 7) is 2.32. The molecule has 0 rings (SSSR count). The molecule has 3 N–H and O–H groups in total. The molecule has 7 nitrogen and oxygen atoms in total. The van der Waals surface area contributed by atoms with Crippen LogP contribution < -0.4 is 10.6 Å². The molecule has 0 spiro atoms. The quantitative estimate of drug-likeness (QED) is 0.488. The van der Waals surface area contributed by atoms with E-state index < -0.39 is 5.97 Å². The van der Waals surface area contributed by atoms with Gasteiger partial charge in [-0.05, 0) is 6.92 Å². The van der Waals surface area contributed by atoms with Crippen LogP contribution in [0.2, 0.25) is 0 Å². The van der Waals surface area contributed by atoms with Crippen LogP contribution in [0.25, 0.3) is 0 Å². The summed E-state index contributed by atoms with van der Waals surface area (Å²) in [5.41, 5.74) is 0. The highest BCUT2D eigenvalue weighted by atomic mass is 16.5. The van der Waals surface area contributed by atoms with Gasteiger partial charge in [-0.2, -0.15) is 0 Å². The van der Waals surface area contributed by atoms with Crippen LogP contribution in [0.5, 0.6) is 0 Å². The number of carboxylic acids is 1. The van der Waals surface area contributed by atoms with E-state index in [1.807, 2.05) is 6.92 Å². The highest BCUT2D eigenvalue weighted by Crippen LogP contribution is 1.83. The lowest BCUT2D eigenvalue weighted by atomic mass is 10.4. The fraction of sp³-hybridized carbons (Fsp3) is 0.778. The van der Waals surface area contributed by atoms with Crippen molar-refractivity contribution in [2.75, 3.05) is 33.4 Å². The van der Waals surface area contributed by atoms with E-state index in [4.69, 9.17) is 14.6 Å². The molecule has 0 aromatic carbocycles. The number of urea groups is 1. The number of nitrogens with one attached hydrogen (secondary N) is 2. The van der Waals surface area contributed by atoms with Crippen molar-refractivity contribution in [2.45, 2.75) is 13.0 Å². The fourth-order valence-corrected chi connectivity index (χ4v) is 0.778. The molecule has 2 amide bonds. The third-order valence-electron chi connectivity index (χ3n) is 1.71. The van der Waals surface area contributed by atoms with Crippen molar-refractivity contribution in [3.8, 4) is 0 Å². The van der Waals surface area contributed by atoms with Crippen LogP contribution in [0.15, 0.2) is 0 Å². The molecule has 0 radical (unpaired) electrons. The maximum atomic E-state index is 11.1. The molecule has 0 aliphatic carbocycles. The van der Waals surface area contributed by atoms with Crippen LogP contribution in [0.1, 0.15) is 6.92 Å². The largest absolute Gasteiger partial charge is 0.480 e. The van der Waals surface area contributed by atoms with Gasteiger partial charge in [0.2, 0.25) is 0 Å². The predicted octanol–water partition coefficient (Wildman–Crippen LogP) is -0.578. The first-order valence-corrected chi connectivity index (χ1v) is 4.90. The van der Waals surface area contributed by atoms with Gasteiger partial charge in [0.15, 0.2) is 0 Å². The van der Waals surface area contributed by atoms with Crippen molar-refractivity contribution in [1.82, 2.24) is 10.6 Å². The van der Waals surface area contributed by atoms with Gasteiger partial charge in [-0.1, -0.05) is 0 Å². The minimum atomic E-state index is -1.03. The van der Waals surface area contributed by atoms with Crippen molar-refractivity contribution < 1.29 is 24.2 Å². The van der Waals surface area contributed by atoms with Crippen LogP contribution in [0.3, 0.4) is 0 Å². The van der Waals surface area contributed by atoms with E-state index in [-0.39, 0.29) is 31.9 Å². The summed E-state index contributed by atoms with van der Waals surface area (Å²) in [5.74, 6) is -1.03. The molecule has 16 heavy (non-hydrogen) atoms. The van der Waals surface area contributed by atoms with Gasteiger partial charge < -0.3 is 25.2 Å². The van der Waals surface area contributed by atoms with Crippen molar-refractivity contribution >= 4 is 12.0 Å². The highest BCUT2D eigenvalue weighted by Gasteiger charge is 2.03. The van der Waals surface area contributed by atoms with Crippen molar-refractivity contribution in [3.63, 3.8) is 0 Å². The monoisotopic (exact) mass is 234 g/mol. The summed E-state index contributed by atoms with van der Waals surface area (Å²) < 4.78 is 9.66. The van der Waals surface area contributed by atoms with Crippen LogP contribution in [0.4, 0.5) is 4.79 Å². The number of hydrogen-bond acceptors (Lipinski definition) is 4. The Morgan fingerprint density at radius 1 is 1.38 bits per heavy atom. The Hall–Kier alpha value is -1.34. The Morgan fingerprint density at radius 3 is 2.62 bits per heavy atom. The zero-order valence-electron chi connectivity index (χ0n) is 9.49. The molecule has 94 valence electrons. The van der Waals surface area contributed by atoms with Crippen LogP contribution in [-0.4, -0.2) is 56.6 Å². The number of ether oxygens (including phenoxy) is 2. The zero-order valence-corrected chi connectivity index (χ0v) is 9.49. The summed E-state index contributed by atoms with van der Waals surface area (Å²) in [6.07, 6.45) is -0.0472. The predicted molar refractivity (Wildman–Crippen MR) is 56.3 cm³/mol. The number of aliphatic carboxylic acids is 1. The summed E-state index contributed by atoms with van der Waals surface area (Å²) >= 11 is 0. The molecule has 7 heteroatoms. The third kappa shape index (κ3) is 9.22. The van der Waals surface area contributed by atoms with Crippen LogP contribution >= 0.6 is 0 Å². The van der Waals surface area contributed by atoms with Crippen LogP contribution in [-0.2, 0) is 14.3 Å². The van der Waals surface area contributed by atoms with Crippen molar-refractivity contribution in [3.05, 3.63) is 0 Å². The summed E-state index contributed by atoms with van der Waals surface area (Å²) in [7, 11) is 1.56. The maximum Gasteiger partial charge on any atom is 0.329 e. The molecule has 0 aliphatic rings. The minimum Gasteiger partial charge on any atom is -0.480 e. The lowest BCUT2D eigenvalue weighted by molar-refractivity contribution is -0.142. The number of rotatable bonds is 8. The number of carbonyl (C=O) groups excluding carboxylic acids is 1. The Bertz CT molecular complexity index is 222. The van der Waals surface area contributed by atoms with E-state index in [0.717, 1.165) is 0 Å². The molecule has 0 bridgehead atoms. The van der Waals surface area contributed by atoms with Gasteiger partial charge in [0, 0.05) is 20.2 Å². The normalized spacial score (nSPS) is 11.9. The second-order valence-electron chi connectivity index (χ2n) is 3.13. The first-order valence-electron chi connectivity index (χ1n) is 4.90. The minimum absolute atomic E-state index is 0.0472. The standard InChI is InChI=1S/C9H18N2O5/c1-7(15-2)5-11-9(14)10-3-4-16-6-8(12)13/h7H,3-6H2,1-2H3,(H,12,13)(H2,10,11,14). The molecule has 0 aromatic rings. The van der Waals surface area contributed by atoms with Gasteiger partial charge in [-0.3, -0.25) is 0 Å². The molecule has 0 saturated carbocycles. The first-order chi connectivity index (χ1) is 7.56. The Morgan fingerprint density at radius 2 is 2.06 bits per heavy atom. The number of amides is 2. The summed E-state index contributed by atoms with van der Waals surface area (Å²) in [4.78, 5) is 21.2. The molecule has 0 saturated heterocycles. The first kappa shape index (κ1) is 14.7. The Balaban J connectivity index is 3.33. The fourth-order valence-electron chi connectivity index (χ4n) is 0.778. The Kier molecular flexibility index (Phi) is 8.18. The van der Waals surface area contributed by atoms with E-state index >= 15 is 0 Å². The highest BCUT2D eigenvalue weighted by molar-refractivity contribution is 5.73.